The van der Waals surface area contributed by atoms with Gasteiger partial charge in [-0.1, -0.05) is 30.3 Å². The van der Waals surface area contributed by atoms with Crippen LogP contribution in [0.1, 0.15) is 45.6 Å². The lowest BCUT2D eigenvalue weighted by Crippen LogP contribution is -2.41. The summed E-state index contributed by atoms with van der Waals surface area (Å²) in [5.74, 6) is -0.184. The molecule has 1 heterocycles. The molecule has 0 bridgehead atoms. The summed E-state index contributed by atoms with van der Waals surface area (Å²) in [6, 6.07) is 10.7. The molecule has 1 saturated heterocycles. The predicted octanol–water partition coefficient (Wildman–Crippen LogP) is 3.40. The van der Waals surface area contributed by atoms with Crippen molar-refractivity contribution in [1.82, 2.24) is 4.90 Å². The lowest BCUT2D eigenvalue weighted by molar-refractivity contribution is -0.158. The van der Waals surface area contributed by atoms with Gasteiger partial charge in [-0.3, -0.25) is 9.69 Å². The van der Waals surface area contributed by atoms with E-state index in [2.05, 4.69) is 29.2 Å². The van der Waals surface area contributed by atoms with Gasteiger partial charge in [0.15, 0.2) is 0 Å². The average molecular weight is 319 g/mol. The molecule has 4 heteroatoms. The number of benzene rings is 1. The van der Waals surface area contributed by atoms with Gasteiger partial charge in [-0.25, -0.2) is 0 Å². The van der Waals surface area contributed by atoms with Gasteiger partial charge in [-0.05, 0) is 45.7 Å². The maximum atomic E-state index is 12.1. The number of rotatable bonds is 6. The van der Waals surface area contributed by atoms with E-state index in [4.69, 9.17) is 9.47 Å². The lowest BCUT2D eigenvalue weighted by Gasteiger charge is -2.31. The molecule has 0 spiro atoms. The summed E-state index contributed by atoms with van der Waals surface area (Å²) in [5, 5.41) is 0. The van der Waals surface area contributed by atoms with E-state index in [1.54, 1.807) is 7.11 Å². The largest absolute Gasteiger partial charge is 0.460 e. The Morgan fingerprint density at radius 2 is 2.00 bits per heavy atom. The molecule has 128 valence electrons. The Morgan fingerprint density at radius 3 is 2.61 bits per heavy atom. The van der Waals surface area contributed by atoms with Crippen LogP contribution >= 0.6 is 0 Å². The number of ether oxygens (including phenoxy) is 2. The van der Waals surface area contributed by atoms with Crippen LogP contribution in [0.15, 0.2) is 30.3 Å². The maximum Gasteiger partial charge on any atom is 0.309 e. The van der Waals surface area contributed by atoms with Crippen molar-refractivity contribution in [2.45, 2.75) is 64.3 Å². The van der Waals surface area contributed by atoms with Crippen molar-refractivity contribution >= 4 is 5.97 Å². The first-order valence-corrected chi connectivity index (χ1v) is 8.41. The number of esters is 1. The van der Waals surface area contributed by atoms with E-state index in [1.165, 1.54) is 5.56 Å². The first-order chi connectivity index (χ1) is 10.9. The lowest BCUT2D eigenvalue weighted by atomic mass is 10.0. The number of likely N-dealkylation sites (tertiary alicyclic amines) is 1. The zero-order valence-electron chi connectivity index (χ0n) is 14.7. The SMILES string of the molecule is CO[C@@H](CC(=O)OC(C)(C)C)[C@@H]1CCCN1Cc1ccccc1. The summed E-state index contributed by atoms with van der Waals surface area (Å²) < 4.78 is 11.1. The first-order valence-electron chi connectivity index (χ1n) is 8.41. The number of hydrogen-bond donors (Lipinski definition) is 0. The van der Waals surface area contributed by atoms with Crippen LogP contribution < -0.4 is 0 Å². The third-order valence-electron chi connectivity index (χ3n) is 4.16. The summed E-state index contributed by atoms with van der Waals surface area (Å²) >= 11 is 0. The third kappa shape index (κ3) is 5.63. The second-order valence-corrected chi connectivity index (χ2v) is 7.23. The molecule has 1 aromatic rings. The van der Waals surface area contributed by atoms with Crippen LogP contribution in [0.5, 0.6) is 0 Å². The van der Waals surface area contributed by atoms with Crippen LogP contribution in [0.2, 0.25) is 0 Å². The number of hydrogen-bond acceptors (Lipinski definition) is 4. The van der Waals surface area contributed by atoms with Gasteiger partial charge >= 0.3 is 5.97 Å². The monoisotopic (exact) mass is 319 g/mol. The van der Waals surface area contributed by atoms with Crippen LogP contribution in [-0.4, -0.2) is 42.3 Å². The van der Waals surface area contributed by atoms with Gasteiger partial charge in [0.1, 0.15) is 5.60 Å². The van der Waals surface area contributed by atoms with E-state index in [1.807, 2.05) is 26.8 Å². The van der Waals surface area contributed by atoms with Gasteiger partial charge in [0.25, 0.3) is 0 Å². The molecule has 2 atom stereocenters. The predicted molar refractivity (Wildman–Crippen MR) is 91.1 cm³/mol. The van der Waals surface area contributed by atoms with E-state index in [9.17, 15) is 4.79 Å². The first kappa shape index (κ1) is 18.0. The molecule has 0 radical (unpaired) electrons. The fourth-order valence-electron chi connectivity index (χ4n) is 3.21. The maximum absolute atomic E-state index is 12.1. The molecule has 0 aromatic heterocycles. The highest BCUT2D eigenvalue weighted by Crippen LogP contribution is 2.26. The van der Waals surface area contributed by atoms with E-state index >= 15 is 0 Å². The average Bonchev–Trinajstić information content (AvgIpc) is 2.92. The van der Waals surface area contributed by atoms with Gasteiger partial charge < -0.3 is 9.47 Å². The molecule has 0 saturated carbocycles. The Balaban J connectivity index is 1.97. The van der Waals surface area contributed by atoms with Crippen molar-refractivity contribution in [3.8, 4) is 0 Å². The van der Waals surface area contributed by atoms with Gasteiger partial charge in [0.2, 0.25) is 0 Å². The molecule has 1 aromatic carbocycles. The zero-order valence-corrected chi connectivity index (χ0v) is 14.7. The Bertz CT molecular complexity index is 495. The van der Waals surface area contributed by atoms with Crippen molar-refractivity contribution in [3.63, 3.8) is 0 Å². The minimum absolute atomic E-state index is 0.115. The summed E-state index contributed by atoms with van der Waals surface area (Å²) in [7, 11) is 1.69. The molecule has 1 aliphatic heterocycles. The second kappa shape index (κ2) is 7.93. The van der Waals surface area contributed by atoms with Gasteiger partial charge in [-0.15, -0.1) is 0 Å². The Labute approximate surface area is 139 Å². The molecule has 0 unspecified atom stereocenters. The highest BCUT2D eigenvalue weighted by Gasteiger charge is 2.34. The van der Waals surface area contributed by atoms with Crippen LogP contribution in [-0.2, 0) is 20.8 Å². The normalized spacial score (nSPS) is 20.4. The number of methoxy groups -OCH3 is 1. The van der Waals surface area contributed by atoms with E-state index in [0.29, 0.717) is 6.42 Å². The minimum atomic E-state index is -0.450. The van der Waals surface area contributed by atoms with Crippen LogP contribution in [0, 0.1) is 0 Å². The van der Waals surface area contributed by atoms with Crippen molar-refractivity contribution in [3.05, 3.63) is 35.9 Å². The zero-order chi connectivity index (χ0) is 16.9. The Kier molecular flexibility index (Phi) is 6.19. The summed E-state index contributed by atoms with van der Waals surface area (Å²) in [4.78, 5) is 14.6. The number of carbonyl (C=O) groups excluding carboxylic acids is 1. The van der Waals surface area contributed by atoms with Crippen molar-refractivity contribution in [2.75, 3.05) is 13.7 Å². The minimum Gasteiger partial charge on any atom is -0.460 e. The highest BCUT2D eigenvalue weighted by molar-refractivity contribution is 5.70. The van der Waals surface area contributed by atoms with E-state index in [0.717, 1.165) is 25.9 Å². The fourth-order valence-corrected chi connectivity index (χ4v) is 3.21. The Morgan fingerprint density at radius 1 is 1.30 bits per heavy atom. The molecule has 0 amide bonds. The second-order valence-electron chi connectivity index (χ2n) is 7.23. The quantitative estimate of drug-likeness (QED) is 0.753. The smallest absolute Gasteiger partial charge is 0.309 e. The topological polar surface area (TPSA) is 38.8 Å². The van der Waals surface area contributed by atoms with Crippen molar-refractivity contribution in [1.29, 1.82) is 0 Å². The van der Waals surface area contributed by atoms with Crippen LogP contribution in [0.3, 0.4) is 0 Å². The fraction of sp³-hybridized carbons (Fsp3) is 0.632. The molecule has 1 fully saturated rings. The van der Waals surface area contributed by atoms with Crippen LogP contribution in [0.4, 0.5) is 0 Å². The molecular weight excluding hydrogens is 290 g/mol. The number of nitrogens with zero attached hydrogens (tertiary/aromatic N) is 1. The van der Waals surface area contributed by atoms with Gasteiger partial charge in [0, 0.05) is 19.7 Å². The van der Waals surface area contributed by atoms with Crippen LogP contribution in [0.25, 0.3) is 0 Å². The standard InChI is InChI=1S/C19H29NO3/c1-19(2,3)23-18(21)13-17(22-4)16-11-8-12-20(16)14-15-9-6-5-7-10-15/h5-7,9-10,16-17H,8,11-14H2,1-4H3/t16-,17-/m0/s1. The summed E-state index contributed by atoms with van der Waals surface area (Å²) in [6.45, 7) is 7.63. The molecule has 0 aliphatic carbocycles. The number of carbonyl (C=O) groups is 1. The Hall–Kier alpha value is -1.39. The molecule has 0 N–H and O–H groups in total. The summed E-state index contributed by atoms with van der Waals surface area (Å²) in [6.07, 6.45) is 2.40. The molecular formula is C19H29NO3. The molecule has 4 nitrogen and oxygen atoms in total. The highest BCUT2D eigenvalue weighted by atomic mass is 16.6. The van der Waals surface area contributed by atoms with E-state index < -0.39 is 5.60 Å². The van der Waals surface area contributed by atoms with Gasteiger partial charge in [0.05, 0.1) is 12.5 Å². The summed E-state index contributed by atoms with van der Waals surface area (Å²) in [5.41, 5.74) is 0.848. The third-order valence-corrected chi connectivity index (χ3v) is 4.16. The van der Waals surface area contributed by atoms with Crippen molar-refractivity contribution < 1.29 is 14.3 Å². The molecule has 23 heavy (non-hydrogen) atoms. The molecule has 2 rings (SSSR count). The van der Waals surface area contributed by atoms with Gasteiger partial charge in [-0.2, -0.15) is 0 Å². The molecule has 1 aliphatic rings. The van der Waals surface area contributed by atoms with E-state index in [-0.39, 0.29) is 18.1 Å². The van der Waals surface area contributed by atoms with Crippen molar-refractivity contribution in [2.24, 2.45) is 0 Å².